The first-order valence-electron chi connectivity index (χ1n) is 7.27. The van der Waals surface area contributed by atoms with E-state index in [1.807, 2.05) is 0 Å². The van der Waals surface area contributed by atoms with E-state index in [4.69, 9.17) is 28.6 Å². The molecule has 0 spiro atoms. The summed E-state index contributed by atoms with van der Waals surface area (Å²) in [6.45, 7) is 0. The van der Waals surface area contributed by atoms with Crippen LogP contribution in [-0.2, 0) is 4.79 Å². The lowest BCUT2D eigenvalue weighted by Gasteiger charge is -2.17. The van der Waals surface area contributed by atoms with Crippen molar-refractivity contribution in [2.45, 2.75) is 0 Å². The Morgan fingerprint density at radius 2 is 2.04 bits per heavy atom. The fourth-order valence-corrected chi connectivity index (χ4v) is 3.87. The summed E-state index contributed by atoms with van der Waals surface area (Å²) >= 11 is 12.3. The average molecular weight is 407 g/mol. The lowest BCUT2D eigenvalue weighted by atomic mass is 10.2. The molecule has 1 amide bonds. The predicted molar refractivity (Wildman–Crippen MR) is 107 cm³/mol. The summed E-state index contributed by atoms with van der Waals surface area (Å²) in [5.41, 5.74) is 0.810. The zero-order valence-corrected chi connectivity index (χ0v) is 15.7. The van der Waals surface area contributed by atoms with Crippen molar-refractivity contribution >= 4 is 63.3 Å². The second-order valence-electron chi connectivity index (χ2n) is 5.16. The highest BCUT2D eigenvalue weighted by molar-refractivity contribution is 8.27. The first-order valence-corrected chi connectivity index (χ1v) is 8.87. The number of para-hydroxylation sites is 2. The molecule has 0 unspecified atom stereocenters. The number of hydrogen-bond acceptors (Lipinski definition) is 6. The van der Waals surface area contributed by atoms with Gasteiger partial charge in [0.15, 0.2) is 4.32 Å². The van der Waals surface area contributed by atoms with E-state index >= 15 is 0 Å². The molecule has 1 aliphatic rings. The molecule has 0 saturated carbocycles. The van der Waals surface area contributed by atoms with Crippen LogP contribution in [-0.4, -0.2) is 22.3 Å². The van der Waals surface area contributed by atoms with Gasteiger partial charge < -0.3 is 4.74 Å². The van der Waals surface area contributed by atoms with Gasteiger partial charge in [0, 0.05) is 6.07 Å². The number of thiocarbonyl (C=S) groups is 1. The average Bonchev–Trinajstić information content (AvgIpc) is 2.89. The summed E-state index contributed by atoms with van der Waals surface area (Å²) < 4.78 is 5.65. The van der Waals surface area contributed by atoms with Gasteiger partial charge in [-0.3, -0.25) is 19.8 Å². The number of thioether (sulfide) groups is 1. The van der Waals surface area contributed by atoms with Crippen LogP contribution in [0.15, 0.2) is 47.4 Å². The first kappa shape index (κ1) is 18.4. The molecule has 0 N–H and O–H groups in total. The van der Waals surface area contributed by atoms with Crippen molar-refractivity contribution in [3.8, 4) is 5.75 Å². The molecule has 9 heteroatoms. The number of carbonyl (C=O) groups excluding carboxylic acids is 1. The Hall–Kier alpha value is -2.42. The molecule has 2 aromatic rings. The highest BCUT2D eigenvalue weighted by atomic mass is 35.5. The van der Waals surface area contributed by atoms with Crippen molar-refractivity contribution in [3.05, 3.63) is 68.1 Å². The van der Waals surface area contributed by atoms with Crippen LogP contribution in [0.1, 0.15) is 5.56 Å². The van der Waals surface area contributed by atoms with Gasteiger partial charge in [0.05, 0.1) is 22.6 Å². The Balaban J connectivity index is 1.98. The van der Waals surface area contributed by atoms with Gasteiger partial charge in [-0.05, 0) is 29.8 Å². The maximum Gasteiger partial charge on any atom is 0.288 e. The third-order valence-corrected chi connectivity index (χ3v) is 5.21. The molecule has 26 heavy (non-hydrogen) atoms. The zero-order valence-electron chi connectivity index (χ0n) is 13.3. The normalized spacial score (nSPS) is 15.6. The van der Waals surface area contributed by atoms with Crippen LogP contribution in [0, 0.1) is 10.1 Å². The van der Waals surface area contributed by atoms with Gasteiger partial charge in [-0.1, -0.05) is 53.8 Å². The minimum Gasteiger partial charge on any atom is -0.495 e. The highest BCUT2D eigenvalue weighted by Gasteiger charge is 2.34. The van der Waals surface area contributed by atoms with Crippen LogP contribution >= 0.6 is 35.6 Å². The maximum atomic E-state index is 12.8. The molecule has 1 fully saturated rings. The number of amides is 1. The number of methoxy groups -OCH3 is 1. The Bertz CT molecular complexity index is 962. The summed E-state index contributed by atoms with van der Waals surface area (Å²) in [7, 11) is 1.51. The van der Waals surface area contributed by atoms with E-state index in [-0.39, 0.29) is 16.6 Å². The van der Waals surface area contributed by atoms with E-state index in [1.54, 1.807) is 36.4 Å². The number of ether oxygens (including phenoxy) is 1. The van der Waals surface area contributed by atoms with E-state index in [1.165, 1.54) is 24.1 Å². The number of nitrogens with zero attached hydrogens (tertiary/aromatic N) is 2. The van der Waals surface area contributed by atoms with E-state index < -0.39 is 4.92 Å². The predicted octanol–water partition coefficient (Wildman–Crippen LogP) is 4.66. The van der Waals surface area contributed by atoms with E-state index in [9.17, 15) is 14.9 Å². The van der Waals surface area contributed by atoms with Gasteiger partial charge in [0.25, 0.3) is 11.6 Å². The number of rotatable bonds is 4. The number of nitro groups is 1. The van der Waals surface area contributed by atoms with Crippen molar-refractivity contribution in [3.63, 3.8) is 0 Å². The van der Waals surface area contributed by atoms with Gasteiger partial charge >= 0.3 is 0 Å². The molecule has 1 saturated heterocycles. The van der Waals surface area contributed by atoms with E-state index in [2.05, 4.69) is 0 Å². The Kier molecular flexibility index (Phi) is 5.26. The molecule has 0 atom stereocenters. The van der Waals surface area contributed by atoms with Crippen molar-refractivity contribution in [1.29, 1.82) is 0 Å². The Morgan fingerprint density at radius 3 is 2.73 bits per heavy atom. The number of hydrogen-bond donors (Lipinski definition) is 0. The van der Waals surface area contributed by atoms with E-state index in [0.29, 0.717) is 26.2 Å². The number of carbonyl (C=O) groups is 1. The summed E-state index contributed by atoms with van der Waals surface area (Å²) in [5.74, 6) is 0.203. The molecule has 0 bridgehead atoms. The highest BCUT2D eigenvalue weighted by Crippen LogP contribution is 2.40. The first-order chi connectivity index (χ1) is 12.4. The second kappa shape index (κ2) is 7.45. The molecule has 1 aliphatic heterocycles. The van der Waals surface area contributed by atoms with Gasteiger partial charge in [0.1, 0.15) is 10.8 Å². The lowest BCUT2D eigenvalue weighted by molar-refractivity contribution is -0.384. The van der Waals surface area contributed by atoms with Crippen molar-refractivity contribution in [2.75, 3.05) is 12.0 Å². The van der Waals surface area contributed by atoms with Gasteiger partial charge in [-0.2, -0.15) is 0 Å². The molecule has 6 nitrogen and oxygen atoms in total. The number of halogens is 1. The Morgan fingerprint density at radius 1 is 1.31 bits per heavy atom. The molecule has 0 aromatic heterocycles. The molecular weight excluding hydrogens is 396 g/mol. The molecule has 2 aromatic carbocycles. The van der Waals surface area contributed by atoms with Crippen LogP contribution in [0.25, 0.3) is 6.08 Å². The molecule has 0 aliphatic carbocycles. The van der Waals surface area contributed by atoms with Gasteiger partial charge in [-0.15, -0.1) is 0 Å². The van der Waals surface area contributed by atoms with Gasteiger partial charge in [-0.25, -0.2) is 0 Å². The number of nitro benzene ring substituents is 1. The zero-order chi connectivity index (χ0) is 18.8. The van der Waals surface area contributed by atoms with Crippen molar-refractivity contribution in [2.24, 2.45) is 0 Å². The van der Waals surface area contributed by atoms with Crippen LogP contribution < -0.4 is 9.64 Å². The van der Waals surface area contributed by atoms with Crippen LogP contribution in [0.5, 0.6) is 5.75 Å². The molecule has 132 valence electrons. The molecule has 3 rings (SSSR count). The molecular formula is C17H11ClN2O4S2. The van der Waals surface area contributed by atoms with Crippen LogP contribution in [0.2, 0.25) is 5.02 Å². The fourth-order valence-electron chi connectivity index (χ4n) is 2.40. The smallest absolute Gasteiger partial charge is 0.288 e. The number of benzene rings is 2. The lowest BCUT2D eigenvalue weighted by Crippen LogP contribution is -2.27. The fraction of sp³-hybridized carbons (Fsp3) is 0.0588. The summed E-state index contributed by atoms with van der Waals surface area (Å²) in [4.78, 5) is 25.0. The monoisotopic (exact) mass is 406 g/mol. The topological polar surface area (TPSA) is 72.7 Å². The van der Waals surface area contributed by atoms with E-state index in [0.717, 1.165) is 11.8 Å². The maximum absolute atomic E-state index is 12.8. The Labute approximate surface area is 163 Å². The third kappa shape index (κ3) is 3.44. The minimum atomic E-state index is -0.570. The van der Waals surface area contributed by atoms with Gasteiger partial charge in [0.2, 0.25) is 0 Å². The molecule has 1 heterocycles. The quantitative estimate of drug-likeness (QED) is 0.318. The SMILES string of the molecule is COc1ccccc1N1C(=O)/C(=C/c2ccc(Cl)c([N+](=O)[O-])c2)SC1=S. The minimum absolute atomic E-state index is 0.0359. The standard InChI is InChI=1S/C17H11ClN2O4S2/c1-24-14-5-3-2-4-12(14)19-16(21)15(26-17(19)25)9-10-6-7-11(18)13(8-10)20(22)23/h2-9H,1H3/b15-9-. The van der Waals surface area contributed by atoms with Crippen molar-refractivity contribution in [1.82, 2.24) is 0 Å². The third-order valence-electron chi connectivity index (χ3n) is 3.58. The largest absolute Gasteiger partial charge is 0.495 e. The molecule has 0 radical (unpaired) electrons. The van der Waals surface area contributed by atoms with Crippen LogP contribution in [0.4, 0.5) is 11.4 Å². The number of anilines is 1. The van der Waals surface area contributed by atoms with Crippen molar-refractivity contribution < 1.29 is 14.5 Å². The van der Waals surface area contributed by atoms with Crippen LogP contribution in [0.3, 0.4) is 0 Å². The summed E-state index contributed by atoms with van der Waals surface area (Å²) in [6, 6.07) is 11.4. The second-order valence-corrected chi connectivity index (χ2v) is 7.24. The summed E-state index contributed by atoms with van der Waals surface area (Å²) in [5, 5.41) is 11.1. The summed E-state index contributed by atoms with van der Waals surface area (Å²) in [6.07, 6.45) is 1.55.